The Morgan fingerprint density at radius 2 is 2.42 bits per heavy atom. The van der Waals surface area contributed by atoms with Gasteiger partial charge in [0.05, 0.1) is 13.2 Å². The maximum absolute atomic E-state index is 11.9. The van der Waals surface area contributed by atoms with Crippen molar-refractivity contribution in [2.24, 2.45) is 0 Å². The molecule has 0 radical (unpaired) electrons. The molecule has 0 aromatic heterocycles. The number of halogens is 1. The van der Waals surface area contributed by atoms with E-state index in [0.29, 0.717) is 32.7 Å². The van der Waals surface area contributed by atoms with Crippen LogP contribution in [0.5, 0.6) is 0 Å². The van der Waals surface area contributed by atoms with Gasteiger partial charge in [0.1, 0.15) is 6.04 Å². The standard InChI is InChI=1S/C12H21N3O3.ClH/c1-9(7-15-5-2-3-11(15)16)14-12(17)10-8-18-6-4-13-10;/h9-10,13H,2-8H2,1H3,(H,14,17);1H. The quantitative estimate of drug-likeness (QED) is 0.734. The molecule has 0 aliphatic carbocycles. The van der Waals surface area contributed by atoms with Gasteiger partial charge in [0.2, 0.25) is 11.8 Å². The van der Waals surface area contributed by atoms with Gasteiger partial charge in [-0.1, -0.05) is 0 Å². The lowest BCUT2D eigenvalue weighted by Gasteiger charge is -2.26. The van der Waals surface area contributed by atoms with Crippen LogP contribution >= 0.6 is 12.4 Å². The fourth-order valence-electron chi connectivity index (χ4n) is 2.35. The van der Waals surface area contributed by atoms with E-state index in [9.17, 15) is 9.59 Å². The zero-order chi connectivity index (χ0) is 13.0. The van der Waals surface area contributed by atoms with E-state index in [0.717, 1.165) is 13.0 Å². The highest BCUT2D eigenvalue weighted by atomic mass is 35.5. The summed E-state index contributed by atoms with van der Waals surface area (Å²) >= 11 is 0. The van der Waals surface area contributed by atoms with Crippen LogP contribution in [0.2, 0.25) is 0 Å². The summed E-state index contributed by atoms with van der Waals surface area (Å²) in [5.41, 5.74) is 0. The molecule has 0 bridgehead atoms. The minimum absolute atomic E-state index is 0. The van der Waals surface area contributed by atoms with Gasteiger partial charge in [-0.2, -0.15) is 0 Å². The first-order chi connectivity index (χ1) is 8.66. The first-order valence-electron chi connectivity index (χ1n) is 6.56. The van der Waals surface area contributed by atoms with Gasteiger partial charge in [-0.05, 0) is 13.3 Å². The van der Waals surface area contributed by atoms with Crippen molar-refractivity contribution in [3.05, 3.63) is 0 Å². The number of hydrogen-bond donors (Lipinski definition) is 2. The summed E-state index contributed by atoms with van der Waals surface area (Å²) in [6.45, 7) is 5.11. The molecular formula is C12H22ClN3O3. The molecule has 2 fully saturated rings. The highest BCUT2D eigenvalue weighted by Gasteiger charge is 2.25. The molecule has 2 saturated heterocycles. The van der Waals surface area contributed by atoms with E-state index < -0.39 is 0 Å². The third-order valence-electron chi connectivity index (χ3n) is 3.29. The Labute approximate surface area is 119 Å². The first kappa shape index (κ1) is 16.2. The van der Waals surface area contributed by atoms with Gasteiger partial charge in [0.15, 0.2) is 0 Å². The minimum Gasteiger partial charge on any atom is -0.378 e. The molecule has 0 spiro atoms. The Morgan fingerprint density at radius 3 is 3.00 bits per heavy atom. The molecule has 2 heterocycles. The monoisotopic (exact) mass is 291 g/mol. The number of morpholine rings is 1. The number of ether oxygens (including phenoxy) is 1. The first-order valence-corrected chi connectivity index (χ1v) is 6.56. The SMILES string of the molecule is CC(CN1CCCC1=O)NC(=O)C1COCCN1.Cl. The molecule has 0 aromatic carbocycles. The van der Waals surface area contributed by atoms with Gasteiger partial charge < -0.3 is 20.3 Å². The van der Waals surface area contributed by atoms with Crippen LogP contribution in [0.3, 0.4) is 0 Å². The van der Waals surface area contributed by atoms with E-state index in [1.165, 1.54) is 0 Å². The Bertz CT molecular complexity index is 321. The van der Waals surface area contributed by atoms with Gasteiger partial charge in [-0.15, -0.1) is 12.4 Å². The van der Waals surface area contributed by atoms with Crippen LogP contribution in [-0.4, -0.2) is 61.6 Å². The van der Waals surface area contributed by atoms with Crippen molar-refractivity contribution in [3.8, 4) is 0 Å². The summed E-state index contributed by atoms with van der Waals surface area (Å²) in [6.07, 6.45) is 1.57. The number of rotatable bonds is 4. The van der Waals surface area contributed by atoms with Gasteiger partial charge >= 0.3 is 0 Å². The lowest BCUT2D eigenvalue weighted by atomic mass is 10.2. The fraction of sp³-hybridized carbons (Fsp3) is 0.833. The van der Waals surface area contributed by atoms with Crippen LogP contribution in [0.15, 0.2) is 0 Å². The topological polar surface area (TPSA) is 70.7 Å². The number of carbonyl (C=O) groups excluding carboxylic acids is 2. The highest BCUT2D eigenvalue weighted by molar-refractivity contribution is 5.85. The van der Waals surface area contributed by atoms with Crippen LogP contribution in [0.1, 0.15) is 19.8 Å². The van der Waals surface area contributed by atoms with Crippen LogP contribution in [-0.2, 0) is 14.3 Å². The second-order valence-corrected chi connectivity index (χ2v) is 4.93. The molecule has 2 unspecified atom stereocenters. The molecule has 19 heavy (non-hydrogen) atoms. The maximum Gasteiger partial charge on any atom is 0.239 e. The molecule has 6 nitrogen and oxygen atoms in total. The van der Waals surface area contributed by atoms with E-state index in [-0.39, 0.29) is 36.3 Å². The normalized spacial score (nSPS) is 24.8. The summed E-state index contributed by atoms with van der Waals surface area (Å²) in [5, 5.41) is 6.03. The van der Waals surface area contributed by atoms with E-state index >= 15 is 0 Å². The number of amides is 2. The number of carbonyl (C=O) groups is 2. The molecule has 2 amide bonds. The van der Waals surface area contributed by atoms with Crippen molar-refractivity contribution in [1.29, 1.82) is 0 Å². The summed E-state index contributed by atoms with van der Waals surface area (Å²) in [5.74, 6) is 0.143. The van der Waals surface area contributed by atoms with E-state index in [1.54, 1.807) is 0 Å². The largest absolute Gasteiger partial charge is 0.378 e. The lowest BCUT2D eigenvalue weighted by Crippen LogP contribution is -2.54. The van der Waals surface area contributed by atoms with Gasteiger partial charge in [0, 0.05) is 32.1 Å². The van der Waals surface area contributed by atoms with Crippen LogP contribution in [0.4, 0.5) is 0 Å². The fourth-order valence-corrected chi connectivity index (χ4v) is 2.35. The third kappa shape index (κ3) is 4.63. The van der Waals surface area contributed by atoms with E-state index in [4.69, 9.17) is 4.74 Å². The summed E-state index contributed by atoms with van der Waals surface area (Å²) < 4.78 is 5.25. The number of nitrogens with one attached hydrogen (secondary N) is 2. The highest BCUT2D eigenvalue weighted by Crippen LogP contribution is 2.09. The average molecular weight is 292 g/mol. The van der Waals surface area contributed by atoms with Crippen molar-refractivity contribution < 1.29 is 14.3 Å². The smallest absolute Gasteiger partial charge is 0.239 e. The number of hydrogen-bond acceptors (Lipinski definition) is 4. The van der Waals surface area contributed by atoms with Gasteiger partial charge in [0.25, 0.3) is 0 Å². The summed E-state index contributed by atoms with van der Waals surface area (Å²) in [7, 11) is 0. The Balaban J connectivity index is 0.00000180. The lowest BCUT2D eigenvalue weighted by molar-refractivity contribution is -0.130. The van der Waals surface area contributed by atoms with Gasteiger partial charge in [-0.3, -0.25) is 9.59 Å². The van der Waals surface area contributed by atoms with Crippen molar-refractivity contribution in [2.75, 3.05) is 32.8 Å². The molecule has 7 heteroatoms. The summed E-state index contributed by atoms with van der Waals surface area (Å²) in [4.78, 5) is 25.2. The molecule has 2 aliphatic rings. The average Bonchev–Trinajstić information content (AvgIpc) is 2.76. The molecule has 2 N–H and O–H groups in total. The van der Waals surface area contributed by atoms with E-state index in [1.807, 2.05) is 11.8 Å². The second-order valence-electron chi connectivity index (χ2n) is 4.93. The van der Waals surface area contributed by atoms with Gasteiger partial charge in [-0.25, -0.2) is 0 Å². The predicted octanol–water partition coefficient (Wildman–Crippen LogP) is -0.476. The Hall–Kier alpha value is -0.850. The number of likely N-dealkylation sites (tertiary alicyclic amines) is 1. The van der Waals surface area contributed by atoms with E-state index in [2.05, 4.69) is 10.6 Å². The molecule has 0 aromatic rings. The molecule has 2 rings (SSSR count). The Morgan fingerprint density at radius 1 is 1.63 bits per heavy atom. The van der Waals surface area contributed by atoms with Crippen LogP contribution in [0, 0.1) is 0 Å². The molecular weight excluding hydrogens is 270 g/mol. The van der Waals surface area contributed by atoms with Crippen molar-refractivity contribution in [2.45, 2.75) is 31.8 Å². The van der Waals surface area contributed by atoms with Crippen molar-refractivity contribution in [3.63, 3.8) is 0 Å². The summed E-state index contributed by atoms with van der Waals surface area (Å²) in [6, 6.07) is -0.293. The maximum atomic E-state index is 11.9. The molecule has 0 saturated carbocycles. The zero-order valence-electron chi connectivity index (χ0n) is 11.2. The van der Waals surface area contributed by atoms with Crippen LogP contribution < -0.4 is 10.6 Å². The third-order valence-corrected chi connectivity index (χ3v) is 3.29. The van der Waals surface area contributed by atoms with Crippen molar-refractivity contribution in [1.82, 2.24) is 15.5 Å². The van der Waals surface area contributed by atoms with Crippen LogP contribution in [0.25, 0.3) is 0 Å². The van der Waals surface area contributed by atoms with Crippen molar-refractivity contribution >= 4 is 24.2 Å². The number of nitrogens with zero attached hydrogens (tertiary/aromatic N) is 1. The molecule has 110 valence electrons. The zero-order valence-corrected chi connectivity index (χ0v) is 12.0. The second kappa shape index (κ2) is 7.67. The predicted molar refractivity (Wildman–Crippen MR) is 73.3 cm³/mol. The molecule has 2 aliphatic heterocycles. The molecule has 2 atom stereocenters. The minimum atomic E-state index is -0.268. The Kier molecular flexibility index (Phi) is 6.54.